The van der Waals surface area contributed by atoms with Gasteiger partial charge < -0.3 is 10.1 Å². The topological polar surface area (TPSA) is 38.3 Å². The van der Waals surface area contributed by atoms with Gasteiger partial charge in [0.2, 0.25) is 0 Å². The summed E-state index contributed by atoms with van der Waals surface area (Å²) in [6, 6.07) is 10.0. The van der Waals surface area contributed by atoms with Gasteiger partial charge in [-0.05, 0) is 26.3 Å². The summed E-state index contributed by atoms with van der Waals surface area (Å²) in [5, 5.41) is 2.66. The Morgan fingerprint density at radius 1 is 1.21 bits per heavy atom. The van der Waals surface area contributed by atoms with Gasteiger partial charge in [0.05, 0.1) is 0 Å². The molecule has 0 aliphatic rings. The number of rotatable bonds is 4. The first kappa shape index (κ1) is 15.0. The van der Waals surface area contributed by atoms with Crippen LogP contribution in [0, 0.1) is 0 Å². The van der Waals surface area contributed by atoms with E-state index in [4.69, 9.17) is 4.74 Å². The largest absolute Gasteiger partial charge is 0.444 e. The van der Waals surface area contributed by atoms with Crippen LogP contribution in [0.4, 0.5) is 4.79 Å². The predicted molar refractivity (Wildman–Crippen MR) is 78.9 cm³/mol. The quantitative estimate of drug-likeness (QED) is 0.836. The van der Waals surface area contributed by atoms with E-state index in [9.17, 15) is 4.79 Å². The van der Waals surface area contributed by atoms with Crippen molar-refractivity contribution in [3.05, 3.63) is 54.1 Å². The van der Waals surface area contributed by atoms with Crippen LogP contribution in [0.5, 0.6) is 0 Å². The average Bonchev–Trinajstić information content (AvgIpc) is 2.32. The first-order chi connectivity index (χ1) is 8.97. The van der Waals surface area contributed by atoms with Crippen LogP contribution in [-0.2, 0) is 4.74 Å². The number of amides is 1. The van der Waals surface area contributed by atoms with E-state index in [0.29, 0.717) is 6.54 Å². The summed E-state index contributed by atoms with van der Waals surface area (Å²) in [4.78, 5) is 11.3. The van der Waals surface area contributed by atoms with E-state index < -0.39 is 11.7 Å². The lowest BCUT2D eigenvalue weighted by Crippen LogP contribution is -2.32. The van der Waals surface area contributed by atoms with E-state index in [-0.39, 0.29) is 0 Å². The maximum Gasteiger partial charge on any atom is 0.407 e. The fraction of sp³-hybridized carbons (Fsp3) is 0.312. The molecule has 1 rings (SSSR count). The first-order valence-electron chi connectivity index (χ1n) is 6.32. The molecular weight excluding hydrogens is 238 g/mol. The SMILES string of the molecule is CC(C)(C)OC(=O)NC/C=C/C=Cc1ccccc1. The van der Waals surface area contributed by atoms with Gasteiger partial charge in [-0.1, -0.05) is 54.6 Å². The van der Waals surface area contributed by atoms with Crippen LogP contribution in [0.1, 0.15) is 26.3 Å². The molecule has 19 heavy (non-hydrogen) atoms. The van der Waals surface area contributed by atoms with Crippen LogP contribution in [-0.4, -0.2) is 18.2 Å². The third-order valence-electron chi connectivity index (χ3n) is 2.10. The van der Waals surface area contributed by atoms with Gasteiger partial charge in [-0.2, -0.15) is 0 Å². The van der Waals surface area contributed by atoms with Gasteiger partial charge in [-0.25, -0.2) is 4.79 Å². The highest BCUT2D eigenvalue weighted by Gasteiger charge is 2.14. The van der Waals surface area contributed by atoms with Crippen molar-refractivity contribution in [2.45, 2.75) is 26.4 Å². The van der Waals surface area contributed by atoms with Crippen LogP contribution in [0.15, 0.2) is 48.6 Å². The highest BCUT2D eigenvalue weighted by atomic mass is 16.6. The minimum Gasteiger partial charge on any atom is -0.444 e. The number of carbonyl (C=O) groups excluding carboxylic acids is 1. The van der Waals surface area contributed by atoms with E-state index in [1.54, 1.807) is 0 Å². The number of allylic oxidation sites excluding steroid dienone is 2. The standard InChI is InChI=1S/C16H21NO2/c1-16(2,3)19-15(18)17-13-9-5-8-12-14-10-6-4-7-11-14/h4-12H,13H2,1-3H3,(H,17,18)/b9-5+,12-8?. The summed E-state index contributed by atoms with van der Waals surface area (Å²) in [5.74, 6) is 0. The van der Waals surface area contributed by atoms with Crippen LogP contribution in [0.3, 0.4) is 0 Å². The van der Waals surface area contributed by atoms with Gasteiger partial charge in [0.25, 0.3) is 0 Å². The minimum absolute atomic E-state index is 0.399. The summed E-state index contributed by atoms with van der Waals surface area (Å²) in [7, 11) is 0. The molecule has 1 N–H and O–H groups in total. The number of benzene rings is 1. The normalized spacial score (nSPS) is 11.9. The van der Waals surface area contributed by atoms with E-state index >= 15 is 0 Å². The fourth-order valence-corrected chi connectivity index (χ4v) is 1.33. The lowest BCUT2D eigenvalue weighted by atomic mass is 10.2. The molecule has 0 aromatic heterocycles. The van der Waals surface area contributed by atoms with E-state index in [2.05, 4.69) is 5.32 Å². The van der Waals surface area contributed by atoms with Crippen molar-refractivity contribution >= 4 is 12.2 Å². The van der Waals surface area contributed by atoms with Gasteiger partial charge in [-0.3, -0.25) is 0 Å². The Morgan fingerprint density at radius 2 is 1.89 bits per heavy atom. The van der Waals surface area contributed by atoms with Crippen molar-refractivity contribution < 1.29 is 9.53 Å². The second-order valence-corrected chi connectivity index (χ2v) is 5.08. The number of carbonyl (C=O) groups is 1. The molecule has 0 unspecified atom stereocenters. The molecular formula is C16H21NO2. The third kappa shape index (κ3) is 7.82. The highest BCUT2D eigenvalue weighted by molar-refractivity contribution is 5.67. The zero-order chi connectivity index (χ0) is 14.1. The molecule has 0 saturated carbocycles. The van der Waals surface area contributed by atoms with E-state index in [0.717, 1.165) is 5.56 Å². The summed E-state index contributed by atoms with van der Waals surface area (Å²) >= 11 is 0. The molecule has 1 aromatic rings. The molecule has 3 nitrogen and oxygen atoms in total. The van der Waals surface area contributed by atoms with Gasteiger partial charge in [-0.15, -0.1) is 0 Å². The smallest absolute Gasteiger partial charge is 0.407 e. The maximum atomic E-state index is 11.3. The van der Waals surface area contributed by atoms with Crippen LogP contribution in [0.25, 0.3) is 6.08 Å². The number of nitrogens with one attached hydrogen (secondary N) is 1. The van der Waals surface area contributed by atoms with Crippen LogP contribution >= 0.6 is 0 Å². The molecule has 1 aromatic carbocycles. The van der Waals surface area contributed by atoms with E-state index in [1.165, 1.54) is 0 Å². The molecule has 0 bridgehead atoms. The molecule has 0 heterocycles. The molecule has 3 heteroatoms. The molecule has 102 valence electrons. The summed E-state index contributed by atoms with van der Waals surface area (Å²) < 4.78 is 5.11. The predicted octanol–water partition coefficient (Wildman–Crippen LogP) is 3.78. The van der Waals surface area contributed by atoms with Crippen molar-refractivity contribution in [2.75, 3.05) is 6.54 Å². The van der Waals surface area contributed by atoms with Crippen LogP contribution < -0.4 is 5.32 Å². The second-order valence-electron chi connectivity index (χ2n) is 5.08. The van der Waals surface area contributed by atoms with E-state index in [1.807, 2.05) is 75.4 Å². The first-order valence-corrected chi connectivity index (χ1v) is 6.32. The number of alkyl carbamates (subject to hydrolysis) is 1. The fourth-order valence-electron chi connectivity index (χ4n) is 1.33. The van der Waals surface area contributed by atoms with Crippen molar-refractivity contribution in [3.63, 3.8) is 0 Å². The molecule has 1 amide bonds. The average molecular weight is 259 g/mol. The number of hydrogen-bond acceptors (Lipinski definition) is 2. The lowest BCUT2D eigenvalue weighted by molar-refractivity contribution is 0.0534. The minimum atomic E-state index is -0.457. The zero-order valence-electron chi connectivity index (χ0n) is 11.7. The lowest BCUT2D eigenvalue weighted by Gasteiger charge is -2.19. The molecule has 0 atom stereocenters. The Kier molecular flexibility index (Phi) is 5.86. The summed E-state index contributed by atoms with van der Waals surface area (Å²) in [5.41, 5.74) is 0.688. The molecule has 0 aliphatic heterocycles. The van der Waals surface area contributed by atoms with Gasteiger partial charge in [0.15, 0.2) is 0 Å². The highest BCUT2D eigenvalue weighted by Crippen LogP contribution is 2.06. The van der Waals surface area contributed by atoms with Gasteiger partial charge >= 0.3 is 6.09 Å². The Balaban J connectivity index is 2.24. The monoisotopic (exact) mass is 259 g/mol. The zero-order valence-corrected chi connectivity index (χ0v) is 11.7. The Morgan fingerprint density at radius 3 is 2.53 bits per heavy atom. The molecule has 0 spiro atoms. The van der Waals surface area contributed by atoms with Crippen molar-refractivity contribution in [2.24, 2.45) is 0 Å². The van der Waals surface area contributed by atoms with Crippen molar-refractivity contribution in [1.82, 2.24) is 5.32 Å². The van der Waals surface area contributed by atoms with Crippen LogP contribution in [0.2, 0.25) is 0 Å². The Labute approximate surface area is 115 Å². The number of hydrogen-bond donors (Lipinski definition) is 1. The van der Waals surface area contributed by atoms with Crippen molar-refractivity contribution in [3.8, 4) is 0 Å². The maximum absolute atomic E-state index is 11.3. The Bertz CT molecular complexity index is 442. The molecule has 0 fully saturated rings. The van der Waals surface area contributed by atoms with Crippen molar-refractivity contribution in [1.29, 1.82) is 0 Å². The summed E-state index contributed by atoms with van der Waals surface area (Å²) in [6.07, 6.45) is 7.30. The molecule has 0 aliphatic carbocycles. The van der Waals surface area contributed by atoms with Gasteiger partial charge in [0.1, 0.15) is 5.60 Å². The Hall–Kier alpha value is -2.03. The molecule has 0 radical (unpaired) electrons. The number of ether oxygens (including phenoxy) is 1. The molecule has 0 saturated heterocycles. The third-order valence-corrected chi connectivity index (χ3v) is 2.10. The summed E-state index contributed by atoms with van der Waals surface area (Å²) in [6.45, 7) is 5.97. The van der Waals surface area contributed by atoms with Gasteiger partial charge in [0, 0.05) is 6.54 Å². The second kappa shape index (κ2) is 7.41.